The molecule has 4 N–H and O–H groups in total. The van der Waals surface area contributed by atoms with Crippen molar-refractivity contribution >= 4 is 31.3 Å². The number of alkyl halides is 1. The van der Waals surface area contributed by atoms with Gasteiger partial charge >= 0.3 is 19.4 Å². The maximum Gasteiger partial charge on any atom is 0.406 e. The maximum absolute atomic E-state index is 15.3. The molecule has 2 saturated heterocycles. The molecule has 11 nitrogen and oxygen atoms in total. The van der Waals surface area contributed by atoms with Crippen LogP contribution in [-0.4, -0.2) is 56.6 Å². The summed E-state index contributed by atoms with van der Waals surface area (Å²) in [6.07, 6.45) is -2.25. The molecule has 3 heterocycles. The number of hydrogen-bond donors (Lipinski definition) is 3. The molecule has 162 valence electrons. The summed E-state index contributed by atoms with van der Waals surface area (Å²) < 4.78 is 44.5. The van der Waals surface area contributed by atoms with Crippen molar-refractivity contribution in [2.45, 2.75) is 55.5 Å². The Morgan fingerprint density at radius 2 is 2.28 bits per heavy atom. The molecule has 2 aliphatic rings. The van der Waals surface area contributed by atoms with Gasteiger partial charge in [0.1, 0.15) is 36.0 Å². The molecule has 0 radical (unpaired) electrons. The lowest BCUT2D eigenvalue weighted by atomic mass is 10.1. The topological polar surface area (TPSA) is 155 Å². The molecule has 0 bridgehead atoms. The van der Waals surface area contributed by atoms with Crippen LogP contribution >= 0.6 is 19.5 Å². The standard InChI is InChI=1S/C15H22FN4O7PS/c1-7(2)26-13(22)8(3)19-28(24)25-6-15(16)11(27-28)10(21)12(29-15)20-5-4-9(17)18-14(20)23/h4-5,7-8,10-12,21H,6H2,1-3H3,(H,19,24)(H2,17,18,23)/t8?,10?,11?,12-,15-,28?/m1/s1. The fraction of sp³-hybridized carbons (Fsp3) is 0.667. The molecule has 6 atom stereocenters. The Bertz CT molecular complexity index is 902. The fourth-order valence-corrected chi connectivity index (χ4v) is 6.17. The van der Waals surface area contributed by atoms with Crippen LogP contribution in [0, 0.1) is 0 Å². The van der Waals surface area contributed by atoms with Crippen molar-refractivity contribution in [1.82, 2.24) is 14.6 Å². The Morgan fingerprint density at radius 1 is 1.59 bits per heavy atom. The van der Waals surface area contributed by atoms with Gasteiger partial charge in [-0.05, 0) is 26.8 Å². The van der Waals surface area contributed by atoms with Crippen LogP contribution in [0.1, 0.15) is 26.1 Å². The van der Waals surface area contributed by atoms with E-state index in [2.05, 4.69) is 10.1 Å². The van der Waals surface area contributed by atoms with E-state index >= 15 is 4.39 Å². The zero-order chi connectivity index (χ0) is 21.6. The number of hydrogen-bond acceptors (Lipinski definition) is 10. The van der Waals surface area contributed by atoms with Crippen molar-refractivity contribution in [3.8, 4) is 0 Å². The highest BCUT2D eigenvalue weighted by Crippen LogP contribution is 2.62. The number of nitrogens with one attached hydrogen (secondary N) is 1. The van der Waals surface area contributed by atoms with Gasteiger partial charge in [-0.2, -0.15) is 4.98 Å². The highest BCUT2D eigenvalue weighted by atomic mass is 32.2. The molecule has 0 amide bonds. The number of aromatic nitrogens is 2. The molecular formula is C15H22FN4O7PS. The molecule has 2 aliphatic heterocycles. The van der Waals surface area contributed by atoms with E-state index in [0.717, 1.165) is 4.57 Å². The fourth-order valence-electron chi connectivity index (χ4n) is 2.88. The lowest BCUT2D eigenvalue weighted by Crippen LogP contribution is -2.49. The molecule has 2 fully saturated rings. The van der Waals surface area contributed by atoms with Crippen molar-refractivity contribution < 1.29 is 32.6 Å². The molecule has 1 aromatic heterocycles. The molecule has 0 spiro atoms. The molecule has 3 rings (SSSR count). The summed E-state index contributed by atoms with van der Waals surface area (Å²) in [5.41, 5.74) is 4.66. The van der Waals surface area contributed by atoms with E-state index in [-0.39, 0.29) is 11.9 Å². The second kappa shape index (κ2) is 7.97. The molecule has 1 aromatic rings. The Balaban J connectivity index is 1.77. The summed E-state index contributed by atoms with van der Waals surface area (Å²) in [4.78, 5) is 27.5. The quantitative estimate of drug-likeness (QED) is 0.424. The minimum atomic E-state index is -4.14. The van der Waals surface area contributed by atoms with Gasteiger partial charge in [-0.1, -0.05) is 11.8 Å². The molecule has 0 aliphatic carbocycles. The Morgan fingerprint density at radius 3 is 2.90 bits per heavy atom. The number of nitrogens with zero attached hydrogens (tertiary/aromatic N) is 2. The zero-order valence-corrected chi connectivity index (χ0v) is 17.6. The predicted molar refractivity (Wildman–Crippen MR) is 102 cm³/mol. The molecule has 14 heteroatoms. The number of carbonyl (C=O) groups is 1. The number of ether oxygens (including phenoxy) is 1. The van der Waals surface area contributed by atoms with Gasteiger partial charge in [0.05, 0.1) is 6.10 Å². The van der Waals surface area contributed by atoms with Crippen LogP contribution in [0.2, 0.25) is 0 Å². The van der Waals surface area contributed by atoms with Crippen LogP contribution in [0.15, 0.2) is 17.1 Å². The summed E-state index contributed by atoms with van der Waals surface area (Å²) in [6.45, 7) is 4.00. The van der Waals surface area contributed by atoms with Crippen molar-refractivity contribution in [3.63, 3.8) is 0 Å². The van der Waals surface area contributed by atoms with Crippen molar-refractivity contribution in [2.24, 2.45) is 0 Å². The number of esters is 1. The largest absolute Gasteiger partial charge is 0.462 e. The van der Waals surface area contributed by atoms with Gasteiger partial charge in [0.25, 0.3) is 0 Å². The van der Waals surface area contributed by atoms with Gasteiger partial charge in [-0.15, -0.1) is 0 Å². The van der Waals surface area contributed by atoms with Gasteiger partial charge < -0.3 is 15.6 Å². The van der Waals surface area contributed by atoms with Crippen LogP contribution in [0.25, 0.3) is 0 Å². The highest BCUT2D eigenvalue weighted by molar-refractivity contribution is 8.01. The molecular weight excluding hydrogens is 430 g/mol. The number of aliphatic hydroxyl groups excluding tert-OH is 1. The second-order valence-corrected chi connectivity index (χ2v) is 10.1. The Kier molecular flexibility index (Phi) is 6.10. The number of rotatable bonds is 5. The minimum Gasteiger partial charge on any atom is -0.462 e. The van der Waals surface area contributed by atoms with Gasteiger partial charge in [0, 0.05) is 6.20 Å². The third-order valence-corrected chi connectivity index (χ3v) is 7.38. The van der Waals surface area contributed by atoms with E-state index in [0.29, 0.717) is 11.8 Å². The SMILES string of the molecule is CC(C)OC(=O)C(C)NP1(=O)OC[C@@]2(F)S[C@@H](n3ccc(N)nc3=O)C(O)C2O1. The first-order valence-corrected chi connectivity index (χ1v) is 11.2. The van der Waals surface area contributed by atoms with Crippen molar-refractivity contribution in [3.05, 3.63) is 22.7 Å². The van der Waals surface area contributed by atoms with E-state index in [1.807, 2.05) is 0 Å². The van der Waals surface area contributed by atoms with E-state index in [1.165, 1.54) is 19.2 Å². The Labute approximate surface area is 169 Å². The minimum absolute atomic E-state index is 0.0216. The number of nitrogen functional groups attached to an aromatic ring is 1. The molecule has 29 heavy (non-hydrogen) atoms. The number of thioether (sulfide) groups is 1. The first-order valence-electron chi connectivity index (χ1n) is 8.75. The van der Waals surface area contributed by atoms with E-state index in [4.69, 9.17) is 19.5 Å². The van der Waals surface area contributed by atoms with Crippen LogP contribution in [0.5, 0.6) is 0 Å². The predicted octanol–water partition coefficient (Wildman–Crippen LogP) is 0.551. The summed E-state index contributed by atoms with van der Waals surface area (Å²) in [5, 5.41) is 9.58. The van der Waals surface area contributed by atoms with E-state index in [1.54, 1.807) is 13.8 Å². The van der Waals surface area contributed by atoms with Crippen LogP contribution < -0.4 is 16.5 Å². The van der Waals surface area contributed by atoms with Gasteiger partial charge in [0.15, 0.2) is 0 Å². The van der Waals surface area contributed by atoms with E-state index in [9.17, 15) is 19.3 Å². The highest BCUT2D eigenvalue weighted by Gasteiger charge is 2.63. The molecule has 4 unspecified atom stereocenters. The first kappa shape index (κ1) is 22.2. The van der Waals surface area contributed by atoms with E-state index < -0.39 is 54.6 Å². The van der Waals surface area contributed by atoms with Crippen molar-refractivity contribution in [2.75, 3.05) is 12.3 Å². The lowest BCUT2D eigenvalue weighted by Gasteiger charge is -2.36. The first-order chi connectivity index (χ1) is 13.4. The Hall–Kier alpha value is -1.50. The zero-order valence-electron chi connectivity index (χ0n) is 15.9. The van der Waals surface area contributed by atoms with Crippen LogP contribution in [0.4, 0.5) is 10.2 Å². The number of aliphatic hydroxyl groups is 1. The summed E-state index contributed by atoms with van der Waals surface area (Å²) in [7, 11) is -4.14. The summed E-state index contributed by atoms with van der Waals surface area (Å²) in [5.74, 6) is -0.718. The van der Waals surface area contributed by atoms with Crippen LogP contribution in [0.3, 0.4) is 0 Å². The average molecular weight is 452 g/mol. The summed E-state index contributed by atoms with van der Waals surface area (Å²) >= 11 is 0.587. The van der Waals surface area contributed by atoms with Gasteiger partial charge in [-0.25, -0.2) is 18.8 Å². The normalized spacial score (nSPS) is 35.3. The van der Waals surface area contributed by atoms with Gasteiger partial charge in [0.2, 0.25) is 5.00 Å². The number of halogens is 1. The number of anilines is 1. The lowest BCUT2D eigenvalue weighted by molar-refractivity contribution is -0.149. The van der Waals surface area contributed by atoms with Crippen LogP contribution in [-0.2, 0) is 23.1 Å². The third-order valence-electron chi connectivity index (χ3n) is 4.21. The average Bonchev–Trinajstić information content (AvgIpc) is 2.86. The van der Waals surface area contributed by atoms with Gasteiger partial charge in [-0.3, -0.25) is 18.4 Å². The molecule has 0 aromatic carbocycles. The number of fused-ring (bicyclic) bond motifs is 1. The van der Waals surface area contributed by atoms with Crippen molar-refractivity contribution in [1.29, 1.82) is 0 Å². The number of nitrogens with two attached hydrogens (primary N) is 1. The number of carbonyl (C=O) groups excluding carboxylic acids is 1. The molecule has 0 saturated carbocycles. The summed E-state index contributed by atoms with van der Waals surface area (Å²) in [6, 6.07) is 0.258. The third kappa shape index (κ3) is 4.49. The monoisotopic (exact) mass is 452 g/mol. The second-order valence-electron chi connectivity index (χ2n) is 6.96. The maximum atomic E-state index is 15.3. The smallest absolute Gasteiger partial charge is 0.406 e.